The van der Waals surface area contributed by atoms with Crippen molar-refractivity contribution in [1.29, 1.82) is 0 Å². The van der Waals surface area contributed by atoms with Crippen molar-refractivity contribution in [3.05, 3.63) is 29.3 Å². The Kier molecular flexibility index (Phi) is 3.63. The van der Waals surface area contributed by atoms with Gasteiger partial charge in [0.25, 0.3) is 5.91 Å². The van der Waals surface area contributed by atoms with Crippen LogP contribution in [0.1, 0.15) is 28.8 Å². The van der Waals surface area contributed by atoms with Gasteiger partial charge in [-0.15, -0.1) is 0 Å². The summed E-state index contributed by atoms with van der Waals surface area (Å²) in [6, 6.07) is 6.30. The first-order valence-electron chi connectivity index (χ1n) is 7.28. The van der Waals surface area contributed by atoms with E-state index in [1.54, 1.807) is 6.07 Å². The van der Waals surface area contributed by atoms with Gasteiger partial charge in [0, 0.05) is 31.4 Å². The zero-order chi connectivity index (χ0) is 14.1. The highest BCUT2D eigenvalue weighted by atomic mass is 16.1. The number of nitrogens with zero attached hydrogens (tertiary/aromatic N) is 2. The van der Waals surface area contributed by atoms with E-state index < -0.39 is 5.91 Å². The van der Waals surface area contributed by atoms with E-state index in [0.29, 0.717) is 17.3 Å². The fourth-order valence-corrected chi connectivity index (χ4v) is 3.32. The molecule has 0 spiro atoms. The molecule has 1 amide bonds. The first-order valence-corrected chi connectivity index (χ1v) is 7.28. The number of nitrogens with two attached hydrogens (primary N) is 2. The molecule has 2 bridgehead atoms. The van der Waals surface area contributed by atoms with Gasteiger partial charge in [-0.05, 0) is 43.6 Å². The number of primary amides is 1. The number of rotatable bonds is 3. The third kappa shape index (κ3) is 2.64. The third-order valence-corrected chi connectivity index (χ3v) is 4.55. The molecule has 0 aliphatic carbocycles. The van der Waals surface area contributed by atoms with Crippen molar-refractivity contribution in [3.63, 3.8) is 0 Å². The van der Waals surface area contributed by atoms with Crippen LogP contribution in [0.2, 0.25) is 0 Å². The zero-order valence-corrected chi connectivity index (χ0v) is 11.7. The summed E-state index contributed by atoms with van der Waals surface area (Å²) in [6.45, 7) is 5.55. The van der Waals surface area contributed by atoms with Gasteiger partial charge in [0.2, 0.25) is 0 Å². The molecule has 3 saturated heterocycles. The molecular formula is C15H22N4O. The lowest BCUT2D eigenvalue weighted by molar-refractivity contribution is 0.100. The van der Waals surface area contributed by atoms with Crippen LogP contribution in [-0.2, 0) is 6.54 Å². The summed E-state index contributed by atoms with van der Waals surface area (Å²) in [4.78, 5) is 16.4. The molecule has 3 heterocycles. The Morgan fingerprint density at radius 2 is 1.95 bits per heavy atom. The number of nitrogen functional groups attached to an aromatic ring is 1. The minimum absolute atomic E-state index is 0.436. The Morgan fingerprint density at radius 3 is 2.65 bits per heavy atom. The monoisotopic (exact) mass is 274 g/mol. The van der Waals surface area contributed by atoms with Gasteiger partial charge < -0.3 is 16.4 Å². The van der Waals surface area contributed by atoms with Crippen LogP contribution in [-0.4, -0.2) is 47.9 Å². The molecule has 5 nitrogen and oxygen atoms in total. The Bertz CT molecular complexity index is 509. The largest absolute Gasteiger partial charge is 0.398 e. The minimum Gasteiger partial charge on any atom is -0.398 e. The molecule has 0 atom stereocenters. The number of carbonyl (C=O) groups is 1. The van der Waals surface area contributed by atoms with Gasteiger partial charge in [-0.25, -0.2) is 0 Å². The molecule has 5 heteroatoms. The number of fused-ring (bicyclic) bond motifs is 4. The molecule has 1 aromatic carbocycles. The van der Waals surface area contributed by atoms with E-state index >= 15 is 0 Å². The van der Waals surface area contributed by atoms with Gasteiger partial charge in [0.1, 0.15) is 0 Å². The van der Waals surface area contributed by atoms with Crippen molar-refractivity contribution in [2.24, 2.45) is 5.73 Å². The van der Waals surface area contributed by atoms with Crippen molar-refractivity contribution in [2.75, 3.05) is 31.9 Å². The first-order chi connectivity index (χ1) is 9.63. The van der Waals surface area contributed by atoms with Gasteiger partial charge in [0.15, 0.2) is 0 Å². The highest BCUT2D eigenvalue weighted by Gasteiger charge is 2.28. The smallest absolute Gasteiger partial charge is 0.250 e. The summed E-state index contributed by atoms with van der Waals surface area (Å²) < 4.78 is 0. The number of amides is 1. The molecule has 3 fully saturated rings. The fraction of sp³-hybridized carbons (Fsp3) is 0.533. The van der Waals surface area contributed by atoms with Crippen molar-refractivity contribution >= 4 is 11.6 Å². The molecule has 4 N–H and O–H groups in total. The normalized spacial score (nSPS) is 26.4. The zero-order valence-electron chi connectivity index (χ0n) is 11.7. The number of piperidine rings is 1. The molecule has 20 heavy (non-hydrogen) atoms. The van der Waals surface area contributed by atoms with Gasteiger partial charge in [0.05, 0.1) is 5.56 Å². The SMILES string of the molecule is NC(=O)c1cc(CN2CCN3CCC2CC3)ccc1N. The van der Waals surface area contributed by atoms with E-state index in [-0.39, 0.29) is 0 Å². The summed E-state index contributed by atoms with van der Waals surface area (Å²) in [5, 5.41) is 0. The maximum Gasteiger partial charge on any atom is 0.250 e. The quantitative estimate of drug-likeness (QED) is 0.794. The Labute approximate surface area is 119 Å². The van der Waals surface area contributed by atoms with Gasteiger partial charge in [-0.1, -0.05) is 6.07 Å². The second-order valence-corrected chi connectivity index (χ2v) is 5.83. The van der Waals surface area contributed by atoms with Gasteiger partial charge >= 0.3 is 0 Å². The maximum absolute atomic E-state index is 11.4. The summed E-state index contributed by atoms with van der Waals surface area (Å²) in [5.41, 5.74) is 13.2. The summed E-state index contributed by atoms with van der Waals surface area (Å²) in [7, 11) is 0. The van der Waals surface area contributed by atoms with Crippen LogP contribution in [0.5, 0.6) is 0 Å². The molecule has 0 unspecified atom stereocenters. The van der Waals surface area contributed by atoms with E-state index in [1.807, 2.05) is 12.1 Å². The number of anilines is 1. The first kappa shape index (κ1) is 13.4. The average molecular weight is 274 g/mol. The predicted octanol–water partition coefficient (Wildman–Crippen LogP) is 0.648. The lowest BCUT2D eigenvalue weighted by atomic mass is 10.0. The fourth-order valence-electron chi connectivity index (χ4n) is 3.32. The summed E-state index contributed by atoms with van der Waals surface area (Å²) in [6.07, 6.45) is 2.50. The van der Waals surface area contributed by atoms with Gasteiger partial charge in [-0.2, -0.15) is 0 Å². The van der Waals surface area contributed by atoms with Crippen LogP contribution < -0.4 is 11.5 Å². The number of hydrogen-bond acceptors (Lipinski definition) is 4. The second kappa shape index (κ2) is 5.42. The van der Waals surface area contributed by atoms with E-state index in [0.717, 1.165) is 25.2 Å². The Hall–Kier alpha value is -1.59. The number of carbonyl (C=O) groups excluding carboxylic acids is 1. The highest BCUT2D eigenvalue weighted by Crippen LogP contribution is 2.23. The van der Waals surface area contributed by atoms with Crippen LogP contribution in [0.4, 0.5) is 5.69 Å². The number of hydrogen-bond donors (Lipinski definition) is 2. The van der Waals surface area contributed by atoms with Crippen LogP contribution in [0.25, 0.3) is 0 Å². The minimum atomic E-state index is -0.452. The average Bonchev–Trinajstić information content (AvgIpc) is 2.74. The molecule has 0 aromatic heterocycles. The van der Waals surface area contributed by atoms with Crippen LogP contribution in [0.3, 0.4) is 0 Å². The van der Waals surface area contributed by atoms with E-state index in [1.165, 1.54) is 25.9 Å². The third-order valence-electron chi connectivity index (χ3n) is 4.55. The van der Waals surface area contributed by atoms with E-state index in [2.05, 4.69) is 9.80 Å². The molecule has 108 valence electrons. The number of benzene rings is 1. The van der Waals surface area contributed by atoms with Crippen LogP contribution >= 0.6 is 0 Å². The molecule has 3 aliphatic rings. The lowest BCUT2D eigenvalue weighted by Gasteiger charge is -2.31. The van der Waals surface area contributed by atoms with Gasteiger partial charge in [-0.3, -0.25) is 9.69 Å². The molecule has 0 saturated carbocycles. The standard InChI is InChI=1S/C15H22N4O/c16-14-2-1-11(9-13(14)15(17)20)10-19-8-7-18-5-3-12(19)4-6-18/h1-2,9,12H,3-8,10,16H2,(H2,17,20). The second-order valence-electron chi connectivity index (χ2n) is 5.83. The molecular weight excluding hydrogens is 252 g/mol. The molecule has 0 radical (unpaired) electrons. The van der Waals surface area contributed by atoms with Crippen molar-refractivity contribution < 1.29 is 4.79 Å². The summed E-state index contributed by atoms with van der Waals surface area (Å²) >= 11 is 0. The predicted molar refractivity (Wildman–Crippen MR) is 79.2 cm³/mol. The van der Waals surface area contributed by atoms with E-state index in [4.69, 9.17) is 11.5 Å². The summed E-state index contributed by atoms with van der Waals surface area (Å²) in [5.74, 6) is -0.452. The van der Waals surface area contributed by atoms with Crippen LogP contribution in [0, 0.1) is 0 Å². The maximum atomic E-state index is 11.4. The molecule has 1 aromatic rings. The highest BCUT2D eigenvalue weighted by molar-refractivity contribution is 5.98. The van der Waals surface area contributed by atoms with Crippen molar-refractivity contribution in [2.45, 2.75) is 25.4 Å². The Morgan fingerprint density at radius 1 is 1.20 bits per heavy atom. The topological polar surface area (TPSA) is 75.6 Å². The van der Waals surface area contributed by atoms with E-state index in [9.17, 15) is 4.79 Å². The Balaban J connectivity index is 1.77. The lowest BCUT2D eigenvalue weighted by Crippen LogP contribution is -2.37. The van der Waals surface area contributed by atoms with Crippen molar-refractivity contribution in [3.8, 4) is 0 Å². The molecule has 3 aliphatic heterocycles. The van der Waals surface area contributed by atoms with Crippen LogP contribution in [0.15, 0.2) is 18.2 Å². The molecule has 4 rings (SSSR count). The van der Waals surface area contributed by atoms with Crippen molar-refractivity contribution in [1.82, 2.24) is 9.80 Å².